The molecule has 0 atom stereocenters. The second-order valence-electron chi connectivity index (χ2n) is 10.3. The van der Waals surface area contributed by atoms with E-state index in [1.807, 2.05) is 42.5 Å². The second-order valence-corrected chi connectivity index (χ2v) is 12.5. The molecule has 0 radical (unpaired) electrons. The van der Waals surface area contributed by atoms with Crippen LogP contribution in [0.25, 0.3) is 16.8 Å². The summed E-state index contributed by atoms with van der Waals surface area (Å²) < 4.78 is 7.23. The van der Waals surface area contributed by atoms with Crippen molar-refractivity contribution < 1.29 is 9.53 Å². The number of thioether (sulfide) groups is 1. The van der Waals surface area contributed by atoms with Crippen LogP contribution in [-0.2, 0) is 24.2 Å². The molecule has 1 amide bonds. The van der Waals surface area contributed by atoms with Crippen LogP contribution < -0.4 is 9.64 Å². The number of amides is 1. The molecule has 43 heavy (non-hydrogen) atoms. The molecule has 1 aliphatic heterocycles. The highest BCUT2D eigenvalue weighted by atomic mass is 127. The van der Waals surface area contributed by atoms with Gasteiger partial charge < -0.3 is 4.74 Å². The van der Waals surface area contributed by atoms with Crippen LogP contribution in [0.2, 0.25) is 0 Å². The van der Waals surface area contributed by atoms with E-state index in [4.69, 9.17) is 9.73 Å². The number of carbonyl (C=O) groups is 1. The van der Waals surface area contributed by atoms with E-state index in [9.17, 15) is 4.79 Å². The molecule has 0 saturated carbocycles. The zero-order valence-electron chi connectivity index (χ0n) is 24.1. The monoisotopic (exact) mass is 694 g/mol. The molecule has 214 valence electrons. The lowest BCUT2D eigenvalue weighted by atomic mass is 10.1. The molecule has 0 aliphatic carbocycles. The minimum atomic E-state index is -0.0792. The highest BCUT2D eigenvalue weighted by Gasteiger charge is 2.34. The second kappa shape index (κ2) is 13.2. The summed E-state index contributed by atoms with van der Waals surface area (Å²) in [6.45, 7) is 4.74. The standard InChI is InChI=1S/C37H31IN2O2S/c1-3-25-12-17-30(18-13-25)39-37-40(31-19-14-26(4-2)15-20-31)36(41)35(43-37)23-27-16-21-34(33(38)22-27)42-24-29-10-7-9-28-8-5-6-11-32(28)29/h5-23H,3-4,24H2,1-2H3/b35-23-,39-37?. The van der Waals surface area contributed by atoms with Gasteiger partial charge in [-0.1, -0.05) is 86.6 Å². The molecule has 0 aromatic heterocycles. The predicted molar refractivity (Wildman–Crippen MR) is 189 cm³/mol. The van der Waals surface area contributed by atoms with Gasteiger partial charge in [0.05, 0.1) is 19.9 Å². The molecular formula is C37H31IN2O2S. The number of halogens is 1. The van der Waals surface area contributed by atoms with E-state index in [0.717, 1.165) is 44.7 Å². The van der Waals surface area contributed by atoms with E-state index in [1.165, 1.54) is 33.7 Å². The number of fused-ring (bicyclic) bond motifs is 1. The maximum atomic E-state index is 13.8. The number of aliphatic imine (C=N–C) groups is 1. The van der Waals surface area contributed by atoms with Gasteiger partial charge in [0.1, 0.15) is 12.4 Å². The van der Waals surface area contributed by atoms with Crippen LogP contribution in [0.3, 0.4) is 0 Å². The summed E-state index contributed by atoms with van der Waals surface area (Å²) in [6.07, 6.45) is 3.86. The Labute approximate surface area is 270 Å². The molecule has 5 aromatic carbocycles. The van der Waals surface area contributed by atoms with Crippen LogP contribution in [-0.4, -0.2) is 11.1 Å². The summed E-state index contributed by atoms with van der Waals surface area (Å²) in [6, 6.07) is 37.0. The van der Waals surface area contributed by atoms with Gasteiger partial charge in [0.2, 0.25) is 0 Å². The third kappa shape index (κ3) is 6.55. The van der Waals surface area contributed by atoms with Gasteiger partial charge in [0.25, 0.3) is 5.91 Å². The summed E-state index contributed by atoms with van der Waals surface area (Å²) in [5.74, 6) is 0.737. The van der Waals surface area contributed by atoms with Crippen LogP contribution >= 0.6 is 34.4 Å². The van der Waals surface area contributed by atoms with Crippen molar-refractivity contribution in [2.45, 2.75) is 33.3 Å². The van der Waals surface area contributed by atoms with Gasteiger partial charge in [-0.2, -0.15) is 0 Å². The van der Waals surface area contributed by atoms with Gasteiger partial charge in [-0.25, -0.2) is 4.99 Å². The van der Waals surface area contributed by atoms with Crippen LogP contribution in [0.15, 0.2) is 119 Å². The highest BCUT2D eigenvalue weighted by Crippen LogP contribution is 2.38. The molecule has 0 unspecified atom stereocenters. The third-order valence-electron chi connectivity index (χ3n) is 7.50. The number of ether oxygens (including phenoxy) is 1. The molecule has 1 heterocycles. The molecule has 0 bridgehead atoms. The van der Waals surface area contributed by atoms with Gasteiger partial charge in [-0.05, 0) is 123 Å². The van der Waals surface area contributed by atoms with Crippen LogP contribution in [0.5, 0.6) is 5.75 Å². The SMILES string of the molecule is CCc1ccc(N=C2S/C(=C\c3ccc(OCc4cccc5ccccc45)c(I)c3)C(=O)N2c2ccc(CC)cc2)cc1. The first-order valence-electron chi connectivity index (χ1n) is 14.4. The van der Waals surface area contributed by atoms with Crippen LogP contribution in [0.4, 0.5) is 11.4 Å². The minimum absolute atomic E-state index is 0.0792. The number of carbonyl (C=O) groups excluding carboxylic acids is 1. The summed E-state index contributed by atoms with van der Waals surface area (Å²) in [5, 5.41) is 3.05. The fourth-order valence-electron chi connectivity index (χ4n) is 5.02. The van der Waals surface area contributed by atoms with Gasteiger partial charge >= 0.3 is 0 Å². The molecular weight excluding hydrogens is 663 g/mol. The lowest BCUT2D eigenvalue weighted by Crippen LogP contribution is -2.28. The Bertz CT molecular complexity index is 1840. The fourth-order valence-corrected chi connectivity index (χ4v) is 6.72. The average molecular weight is 695 g/mol. The maximum Gasteiger partial charge on any atom is 0.271 e. The van der Waals surface area contributed by atoms with E-state index < -0.39 is 0 Å². The molecule has 6 rings (SSSR count). The van der Waals surface area contributed by atoms with E-state index >= 15 is 0 Å². The maximum absolute atomic E-state index is 13.8. The van der Waals surface area contributed by atoms with Crippen molar-refractivity contribution >= 4 is 73.7 Å². The first-order valence-corrected chi connectivity index (χ1v) is 16.3. The van der Waals surface area contributed by atoms with Gasteiger partial charge in [-0.3, -0.25) is 9.69 Å². The number of rotatable bonds is 8. The summed E-state index contributed by atoms with van der Waals surface area (Å²) in [4.78, 5) is 21.1. The molecule has 5 aromatic rings. The van der Waals surface area contributed by atoms with E-state index in [-0.39, 0.29) is 5.91 Å². The third-order valence-corrected chi connectivity index (χ3v) is 9.31. The zero-order chi connectivity index (χ0) is 29.8. The first kappa shape index (κ1) is 29.2. The van der Waals surface area contributed by atoms with Crippen molar-refractivity contribution in [2.75, 3.05) is 4.90 Å². The fraction of sp³-hybridized carbons (Fsp3) is 0.135. The minimum Gasteiger partial charge on any atom is -0.488 e. The van der Waals surface area contributed by atoms with Crippen molar-refractivity contribution in [2.24, 2.45) is 4.99 Å². The number of hydrogen-bond acceptors (Lipinski definition) is 4. The van der Waals surface area contributed by atoms with Crippen molar-refractivity contribution in [3.05, 3.63) is 140 Å². The Morgan fingerprint density at radius 1 is 0.837 bits per heavy atom. The number of anilines is 1. The van der Waals surface area contributed by atoms with Gasteiger partial charge in [0, 0.05) is 0 Å². The average Bonchev–Trinajstić information content (AvgIpc) is 3.34. The zero-order valence-corrected chi connectivity index (χ0v) is 27.1. The summed E-state index contributed by atoms with van der Waals surface area (Å²) in [5.41, 5.74) is 6.21. The van der Waals surface area contributed by atoms with E-state index in [0.29, 0.717) is 16.7 Å². The van der Waals surface area contributed by atoms with Crippen LogP contribution in [0.1, 0.15) is 36.1 Å². The van der Waals surface area contributed by atoms with Crippen molar-refractivity contribution in [1.82, 2.24) is 0 Å². The summed E-state index contributed by atoms with van der Waals surface area (Å²) >= 11 is 3.71. The molecule has 0 spiro atoms. The highest BCUT2D eigenvalue weighted by molar-refractivity contribution is 14.1. The first-order chi connectivity index (χ1) is 21.0. The Morgan fingerprint density at radius 3 is 2.26 bits per heavy atom. The molecule has 1 aliphatic rings. The number of aryl methyl sites for hydroxylation is 2. The van der Waals surface area contributed by atoms with E-state index in [2.05, 4.69) is 109 Å². The van der Waals surface area contributed by atoms with Crippen molar-refractivity contribution in [1.29, 1.82) is 0 Å². The topological polar surface area (TPSA) is 41.9 Å². The quantitative estimate of drug-likeness (QED) is 0.120. The van der Waals surface area contributed by atoms with Crippen molar-refractivity contribution in [3.63, 3.8) is 0 Å². The number of hydrogen-bond donors (Lipinski definition) is 0. The molecule has 0 N–H and O–H groups in total. The number of benzene rings is 5. The number of amidine groups is 1. The Morgan fingerprint density at radius 2 is 1.53 bits per heavy atom. The van der Waals surface area contributed by atoms with Gasteiger partial charge in [0.15, 0.2) is 5.17 Å². The van der Waals surface area contributed by atoms with E-state index in [1.54, 1.807) is 4.90 Å². The summed E-state index contributed by atoms with van der Waals surface area (Å²) in [7, 11) is 0. The lowest BCUT2D eigenvalue weighted by Gasteiger charge is -2.16. The Kier molecular flexibility index (Phi) is 8.95. The molecule has 4 nitrogen and oxygen atoms in total. The van der Waals surface area contributed by atoms with Crippen LogP contribution in [0, 0.1) is 3.57 Å². The smallest absolute Gasteiger partial charge is 0.271 e. The van der Waals surface area contributed by atoms with Gasteiger partial charge in [-0.15, -0.1) is 0 Å². The normalized spacial score (nSPS) is 15.1. The Hall–Kier alpha value is -3.88. The molecule has 1 saturated heterocycles. The van der Waals surface area contributed by atoms with Crippen molar-refractivity contribution in [3.8, 4) is 5.75 Å². The lowest BCUT2D eigenvalue weighted by molar-refractivity contribution is -0.113. The predicted octanol–water partition coefficient (Wildman–Crippen LogP) is 9.96. The number of nitrogens with zero attached hydrogens (tertiary/aromatic N) is 2. The Balaban J connectivity index is 1.26. The largest absolute Gasteiger partial charge is 0.488 e. The molecule has 1 fully saturated rings. The molecule has 6 heteroatoms.